The molecule has 6 nitrogen and oxygen atoms in total. The van der Waals surface area contributed by atoms with Crippen LogP contribution in [0.5, 0.6) is 0 Å². The highest BCUT2D eigenvalue weighted by Crippen LogP contribution is 2.24. The number of halogens is 1. The number of hydrogen-bond acceptors (Lipinski definition) is 4. The van der Waals surface area contributed by atoms with Crippen LogP contribution in [0.4, 0.5) is 11.4 Å². The van der Waals surface area contributed by atoms with Crippen molar-refractivity contribution < 1.29 is 9.72 Å². The standard InChI is InChI=1S/C13H10BrN3O3/c1-8-3-2-4-10(12(8)17(19)20)13(18)16-9-5-6-11(14)15-7-9/h2-7H,1H3,(H,16,18). The summed E-state index contributed by atoms with van der Waals surface area (Å²) in [6.07, 6.45) is 1.46. The second-order valence-corrected chi connectivity index (χ2v) is 4.86. The molecule has 2 aromatic rings. The van der Waals surface area contributed by atoms with Crippen LogP contribution in [0.3, 0.4) is 0 Å². The number of nitrogens with zero attached hydrogens (tertiary/aromatic N) is 2. The minimum absolute atomic E-state index is 0.0259. The quantitative estimate of drug-likeness (QED) is 0.529. The van der Waals surface area contributed by atoms with E-state index >= 15 is 0 Å². The molecule has 0 fully saturated rings. The molecule has 0 saturated carbocycles. The van der Waals surface area contributed by atoms with Gasteiger partial charge in [-0.2, -0.15) is 0 Å². The lowest BCUT2D eigenvalue weighted by molar-refractivity contribution is -0.385. The van der Waals surface area contributed by atoms with Gasteiger partial charge in [0.2, 0.25) is 0 Å². The maximum Gasteiger partial charge on any atom is 0.285 e. The maximum atomic E-state index is 12.1. The predicted octanol–water partition coefficient (Wildman–Crippen LogP) is 3.31. The average molecular weight is 336 g/mol. The van der Waals surface area contributed by atoms with E-state index in [9.17, 15) is 14.9 Å². The highest BCUT2D eigenvalue weighted by Gasteiger charge is 2.22. The molecule has 7 heteroatoms. The van der Waals surface area contributed by atoms with Crippen LogP contribution in [0.2, 0.25) is 0 Å². The summed E-state index contributed by atoms with van der Waals surface area (Å²) in [4.78, 5) is 26.6. The number of rotatable bonds is 3. The Morgan fingerprint density at radius 1 is 1.35 bits per heavy atom. The first-order valence-electron chi connectivity index (χ1n) is 5.66. The topological polar surface area (TPSA) is 85.1 Å². The van der Waals surface area contributed by atoms with E-state index < -0.39 is 10.8 Å². The normalized spacial score (nSPS) is 10.1. The number of nitro benzene ring substituents is 1. The first-order valence-corrected chi connectivity index (χ1v) is 6.45. The Labute approximate surface area is 123 Å². The van der Waals surface area contributed by atoms with E-state index in [0.29, 0.717) is 15.9 Å². The summed E-state index contributed by atoms with van der Waals surface area (Å²) in [7, 11) is 0. The smallest absolute Gasteiger partial charge is 0.285 e. The fourth-order valence-electron chi connectivity index (χ4n) is 1.73. The molecule has 1 heterocycles. The molecule has 0 atom stereocenters. The Balaban J connectivity index is 2.32. The van der Waals surface area contributed by atoms with Gasteiger partial charge in [0.15, 0.2) is 0 Å². The Morgan fingerprint density at radius 2 is 2.10 bits per heavy atom. The van der Waals surface area contributed by atoms with Crippen LogP contribution in [0, 0.1) is 17.0 Å². The number of amides is 1. The minimum Gasteiger partial charge on any atom is -0.320 e. The molecular weight excluding hydrogens is 326 g/mol. The number of pyridine rings is 1. The van der Waals surface area contributed by atoms with E-state index in [1.165, 1.54) is 12.3 Å². The van der Waals surface area contributed by atoms with Crippen molar-refractivity contribution in [3.8, 4) is 0 Å². The third-order valence-electron chi connectivity index (χ3n) is 2.65. The molecule has 1 aromatic heterocycles. The Kier molecular flexibility index (Phi) is 4.09. The Morgan fingerprint density at radius 3 is 2.70 bits per heavy atom. The van der Waals surface area contributed by atoms with Gasteiger partial charge in [0, 0.05) is 5.56 Å². The average Bonchev–Trinajstić information content (AvgIpc) is 2.40. The molecule has 2 rings (SSSR count). The zero-order valence-electron chi connectivity index (χ0n) is 10.5. The number of nitrogens with one attached hydrogen (secondary N) is 1. The van der Waals surface area contributed by atoms with Crippen LogP contribution < -0.4 is 5.32 Å². The van der Waals surface area contributed by atoms with Gasteiger partial charge in [0.25, 0.3) is 11.6 Å². The van der Waals surface area contributed by atoms with Gasteiger partial charge in [0.05, 0.1) is 16.8 Å². The first-order chi connectivity index (χ1) is 9.49. The van der Waals surface area contributed by atoms with Crippen molar-refractivity contribution in [1.82, 2.24) is 4.98 Å². The van der Waals surface area contributed by atoms with Crippen molar-refractivity contribution in [3.05, 3.63) is 62.4 Å². The largest absolute Gasteiger partial charge is 0.320 e. The van der Waals surface area contributed by atoms with Crippen LogP contribution in [0.25, 0.3) is 0 Å². The number of aryl methyl sites for hydroxylation is 1. The molecule has 102 valence electrons. The molecule has 0 aliphatic rings. The van der Waals surface area contributed by atoms with E-state index in [-0.39, 0.29) is 11.3 Å². The van der Waals surface area contributed by atoms with Gasteiger partial charge in [-0.3, -0.25) is 14.9 Å². The number of aromatic nitrogens is 1. The maximum absolute atomic E-state index is 12.1. The monoisotopic (exact) mass is 335 g/mol. The summed E-state index contributed by atoms with van der Waals surface area (Å²) >= 11 is 3.18. The number of para-hydroxylation sites is 1. The zero-order valence-corrected chi connectivity index (χ0v) is 12.0. The molecule has 1 amide bonds. The molecular formula is C13H10BrN3O3. The van der Waals surface area contributed by atoms with Crippen LogP contribution in [0.15, 0.2) is 41.1 Å². The van der Waals surface area contributed by atoms with Crippen molar-refractivity contribution in [2.45, 2.75) is 6.92 Å². The highest BCUT2D eigenvalue weighted by molar-refractivity contribution is 9.10. The van der Waals surface area contributed by atoms with E-state index in [4.69, 9.17) is 0 Å². The fraction of sp³-hybridized carbons (Fsp3) is 0.0769. The third-order valence-corrected chi connectivity index (χ3v) is 3.12. The van der Waals surface area contributed by atoms with Gasteiger partial charge in [-0.1, -0.05) is 12.1 Å². The predicted molar refractivity (Wildman–Crippen MR) is 77.7 cm³/mol. The Bertz CT molecular complexity index is 671. The third kappa shape index (κ3) is 3.00. The summed E-state index contributed by atoms with van der Waals surface area (Å²) in [5.41, 5.74) is 0.749. The number of anilines is 1. The van der Waals surface area contributed by atoms with Gasteiger partial charge >= 0.3 is 0 Å². The van der Waals surface area contributed by atoms with Crippen molar-refractivity contribution in [1.29, 1.82) is 0 Å². The summed E-state index contributed by atoms with van der Waals surface area (Å²) in [5.74, 6) is -0.537. The minimum atomic E-state index is -0.552. The van der Waals surface area contributed by atoms with Gasteiger partial charge in [-0.15, -0.1) is 0 Å². The number of benzene rings is 1. The van der Waals surface area contributed by atoms with Crippen molar-refractivity contribution >= 4 is 33.2 Å². The lowest BCUT2D eigenvalue weighted by atomic mass is 10.1. The van der Waals surface area contributed by atoms with Crippen molar-refractivity contribution in [2.24, 2.45) is 0 Å². The van der Waals surface area contributed by atoms with Gasteiger partial charge < -0.3 is 5.32 Å². The molecule has 1 N–H and O–H groups in total. The SMILES string of the molecule is Cc1cccc(C(=O)Nc2ccc(Br)nc2)c1[N+](=O)[O-]. The van der Waals surface area contributed by atoms with Crippen LogP contribution in [-0.2, 0) is 0 Å². The number of carbonyl (C=O) groups is 1. The molecule has 0 aliphatic heterocycles. The van der Waals surface area contributed by atoms with E-state index in [0.717, 1.165) is 0 Å². The number of carbonyl (C=O) groups excluding carboxylic acids is 1. The van der Waals surface area contributed by atoms with Crippen LogP contribution >= 0.6 is 15.9 Å². The van der Waals surface area contributed by atoms with Gasteiger partial charge in [-0.25, -0.2) is 4.98 Å². The molecule has 0 saturated heterocycles. The fourth-order valence-corrected chi connectivity index (χ4v) is 1.97. The molecule has 0 radical (unpaired) electrons. The molecule has 0 aliphatic carbocycles. The highest BCUT2D eigenvalue weighted by atomic mass is 79.9. The number of hydrogen-bond donors (Lipinski definition) is 1. The molecule has 0 spiro atoms. The summed E-state index contributed by atoms with van der Waals surface area (Å²) in [6, 6.07) is 7.94. The summed E-state index contributed by atoms with van der Waals surface area (Å²) in [5, 5.41) is 13.6. The van der Waals surface area contributed by atoms with E-state index in [1.54, 1.807) is 31.2 Å². The Hall–Kier alpha value is -2.28. The summed E-state index contributed by atoms with van der Waals surface area (Å²) < 4.78 is 0.636. The molecule has 0 bridgehead atoms. The first kappa shape index (κ1) is 14.1. The van der Waals surface area contributed by atoms with Gasteiger partial charge in [0.1, 0.15) is 10.2 Å². The van der Waals surface area contributed by atoms with Crippen LogP contribution in [0.1, 0.15) is 15.9 Å². The molecule has 1 aromatic carbocycles. The second kappa shape index (κ2) is 5.79. The van der Waals surface area contributed by atoms with Crippen molar-refractivity contribution in [2.75, 3.05) is 5.32 Å². The van der Waals surface area contributed by atoms with Crippen LogP contribution in [-0.4, -0.2) is 15.8 Å². The molecule has 20 heavy (non-hydrogen) atoms. The zero-order chi connectivity index (χ0) is 14.7. The number of nitro groups is 1. The lowest BCUT2D eigenvalue weighted by Gasteiger charge is -2.06. The molecule has 0 unspecified atom stereocenters. The summed E-state index contributed by atoms with van der Waals surface area (Å²) in [6.45, 7) is 1.59. The van der Waals surface area contributed by atoms with E-state index in [2.05, 4.69) is 26.2 Å². The van der Waals surface area contributed by atoms with Crippen molar-refractivity contribution in [3.63, 3.8) is 0 Å². The van der Waals surface area contributed by atoms with Gasteiger partial charge in [-0.05, 0) is 41.1 Å². The second-order valence-electron chi connectivity index (χ2n) is 4.05. The van der Waals surface area contributed by atoms with E-state index in [1.807, 2.05) is 0 Å². The lowest BCUT2D eigenvalue weighted by Crippen LogP contribution is -2.14.